The minimum atomic E-state index is -4.53. The van der Waals surface area contributed by atoms with Gasteiger partial charge in [-0.3, -0.25) is 0 Å². The summed E-state index contributed by atoms with van der Waals surface area (Å²) in [7, 11) is 0. The molecule has 8 heteroatoms. The molecule has 0 fully saturated rings. The van der Waals surface area contributed by atoms with Crippen LogP contribution in [0.15, 0.2) is 36.4 Å². The number of benzene rings is 2. The third-order valence-corrected chi connectivity index (χ3v) is 4.20. The van der Waals surface area contributed by atoms with Crippen LogP contribution >= 0.6 is 35.4 Å². The molecule has 0 aliphatic heterocycles. The quantitative estimate of drug-likeness (QED) is 0.644. The van der Waals surface area contributed by atoms with Crippen LogP contribution in [0, 0.1) is 6.92 Å². The molecule has 24 heavy (non-hydrogen) atoms. The Morgan fingerprint density at radius 2 is 1.79 bits per heavy atom. The highest BCUT2D eigenvalue weighted by Gasteiger charge is 2.33. The van der Waals surface area contributed by atoms with Gasteiger partial charge in [0.15, 0.2) is 5.11 Å². The van der Waals surface area contributed by atoms with Crippen molar-refractivity contribution in [2.45, 2.75) is 19.6 Å². The number of thiocarbonyl (C=S) groups is 1. The normalized spacial score (nSPS) is 11.2. The summed E-state index contributed by atoms with van der Waals surface area (Å²) < 4.78 is 38.5. The lowest BCUT2D eigenvalue weighted by Crippen LogP contribution is -2.28. The Kier molecular flexibility index (Phi) is 5.96. The highest BCUT2D eigenvalue weighted by atomic mass is 35.5. The Balaban J connectivity index is 2.01. The summed E-state index contributed by atoms with van der Waals surface area (Å²) in [5.74, 6) is 0. The van der Waals surface area contributed by atoms with E-state index in [1.165, 1.54) is 12.1 Å². The van der Waals surface area contributed by atoms with E-state index in [0.717, 1.165) is 17.2 Å². The minimum Gasteiger partial charge on any atom is -0.358 e. The van der Waals surface area contributed by atoms with Gasteiger partial charge in [0, 0.05) is 17.3 Å². The second kappa shape index (κ2) is 7.59. The van der Waals surface area contributed by atoms with Crippen LogP contribution in [0.5, 0.6) is 0 Å². The van der Waals surface area contributed by atoms with Crippen LogP contribution in [0.4, 0.5) is 18.9 Å². The second-order valence-electron chi connectivity index (χ2n) is 5.08. The Bertz CT molecular complexity index is 763. The first kappa shape index (κ1) is 18.8. The Hall–Kier alpha value is -1.50. The predicted octanol–water partition coefficient (Wildman–Crippen LogP) is 5.81. The smallest absolute Gasteiger partial charge is 0.358 e. The van der Waals surface area contributed by atoms with E-state index in [1.54, 1.807) is 6.07 Å². The Morgan fingerprint density at radius 1 is 1.08 bits per heavy atom. The molecule has 0 aliphatic rings. The van der Waals surface area contributed by atoms with Gasteiger partial charge in [0.25, 0.3) is 0 Å². The third-order valence-electron chi connectivity index (χ3n) is 3.22. The zero-order valence-corrected chi connectivity index (χ0v) is 14.8. The van der Waals surface area contributed by atoms with Gasteiger partial charge in [-0.2, -0.15) is 13.2 Å². The maximum Gasteiger partial charge on any atom is 0.417 e. The molecule has 0 aromatic heterocycles. The van der Waals surface area contributed by atoms with Crippen molar-refractivity contribution in [2.24, 2.45) is 0 Å². The summed E-state index contributed by atoms with van der Waals surface area (Å²) in [5.41, 5.74) is 1.15. The highest BCUT2D eigenvalue weighted by molar-refractivity contribution is 7.80. The van der Waals surface area contributed by atoms with Gasteiger partial charge < -0.3 is 10.6 Å². The van der Waals surface area contributed by atoms with Gasteiger partial charge in [-0.05, 0) is 54.5 Å². The van der Waals surface area contributed by atoms with E-state index in [-0.39, 0.29) is 15.8 Å². The van der Waals surface area contributed by atoms with Crippen molar-refractivity contribution >= 4 is 46.2 Å². The summed E-state index contributed by atoms with van der Waals surface area (Å²) >= 11 is 16.7. The van der Waals surface area contributed by atoms with E-state index in [4.69, 9.17) is 35.4 Å². The predicted molar refractivity (Wildman–Crippen MR) is 95.7 cm³/mol. The molecule has 128 valence electrons. The average Bonchev–Trinajstić information content (AvgIpc) is 2.49. The van der Waals surface area contributed by atoms with Crippen molar-refractivity contribution in [3.05, 3.63) is 63.1 Å². The number of nitrogens with one attached hydrogen (secondary N) is 2. The molecule has 0 saturated carbocycles. The molecular formula is C16H13Cl2F3N2S. The lowest BCUT2D eigenvalue weighted by atomic mass is 10.1. The van der Waals surface area contributed by atoms with E-state index < -0.39 is 11.7 Å². The SMILES string of the molecule is Cc1ccc(CNC(=S)Nc2ccc(Cl)c(C(F)(F)F)c2)cc1Cl. The topological polar surface area (TPSA) is 24.1 Å². The molecule has 0 radical (unpaired) electrons. The molecule has 2 aromatic carbocycles. The third kappa shape index (κ3) is 5.00. The monoisotopic (exact) mass is 392 g/mol. The molecule has 0 unspecified atom stereocenters. The maximum atomic E-state index is 12.8. The van der Waals surface area contributed by atoms with Crippen molar-refractivity contribution in [3.63, 3.8) is 0 Å². The second-order valence-corrected chi connectivity index (χ2v) is 6.31. The number of anilines is 1. The fraction of sp³-hybridized carbons (Fsp3) is 0.188. The van der Waals surface area contributed by atoms with Gasteiger partial charge in [0.05, 0.1) is 10.6 Å². The van der Waals surface area contributed by atoms with Crippen LogP contribution in [0.2, 0.25) is 10.0 Å². The first-order chi connectivity index (χ1) is 11.2. The molecule has 0 amide bonds. The lowest BCUT2D eigenvalue weighted by Gasteiger charge is -2.14. The maximum absolute atomic E-state index is 12.8. The van der Waals surface area contributed by atoms with Gasteiger partial charge >= 0.3 is 6.18 Å². The number of rotatable bonds is 3. The molecule has 0 spiro atoms. The largest absolute Gasteiger partial charge is 0.417 e. The van der Waals surface area contributed by atoms with Crippen molar-refractivity contribution in [2.75, 3.05) is 5.32 Å². The van der Waals surface area contributed by atoms with Crippen molar-refractivity contribution < 1.29 is 13.2 Å². The molecule has 0 aliphatic carbocycles. The Morgan fingerprint density at radius 3 is 2.42 bits per heavy atom. The van der Waals surface area contributed by atoms with Crippen molar-refractivity contribution in [1.82, 2.24) is 5.32 Å². The summed E-state index contributed by atoms with van der Waals surface area (Å²) in [6.45, 7) is 2.29. The van der Waals surface area contributed by atoms with E-state index in [9.17, 15) is 13.2 Å². The van der Waals surface area contributed by atoms with Gasteiger partial charge in [-0.15, -0.1) is 0 Å². The van der Waals surface area contributed by atoms with Gasteiger partial charge in [-0.1, -0.05) is 35.3 Å². The van der Waals surface area contributed by atoms with E-state index in [0.29, 0.717) is 11.6 Å². The van der Waals surface area contributed by atoms with Crippen LogP contribution < -0.4 is 10.6 Å². The Labute approximate surface area is 153 Å². The molecule has 2 rings (SSSR count). The van der Waals surface area contributed by atoms with Crippen molar-refractivity contribution in [3.8, 4) is 0 Å². The highest BCUT2D eigenvalue weighted by Crippen LogP contribution is 2.36. The lowest BCUT2D eigenvalue weighted by molar-refractivity contribution is -0.137. The first-order valence-electron chi connectivity index (χ1n) is 6.83. The number of hydrogen-bond donors (Lipinski definition) is 2. The van der Waals surface area contributed by atoms with Crippen LogP contribution in [0.3, 0.4) is 0 Å². The summed E-state index contributed by atoms with van der Waals surface area (Å²) in [5, 5.41) is 6.10. The molecule has 0 bridgehead atoms. The van der Waals surface area contributed by atoms with E-state index >= 15 is 0 Å². The van der Waals surface area contributed by atoms with E-state index in [2.05, 4.69) is 10.6 Å². The summed E-state index contributed by atoms with van der Waals surface area (Å²) in [6.07, 6.45) is -4.53. The number of aryl methyl sites for hydroxylation is 1. The van der Waals surface area contributed by atoms with E-state index in [1.807, 2.05) is 19.1 Å². The number of alkyl halides is 3. The number of halogens is 5. The molecule has 2 aromatic rings. The molecule has 2 nitrogen and oxygen atoms in total. The molecule has 0 heterocycles. The first-order valence-corrected chi connectivity index (χ1v) is 8.00. The van der Waals surface area contributed by atoms with Crippen molar-refractivity contribution in [1.29, 1.82) is 0 Å². The molecule has 0 saturated heterocycles. The average molecular weight is 393 g/mol. The minimum absolute atomic E-state index is 0.196. The van der Waals surface area contributed by atoms with Crippen LogP contribution in [0.25, 0.3) is 0 Å². The van der Waals surface area contributed by atoms with Gasteiger partial charge in [0.1, 0.15) is 0 Å². The fourth-order valence-corrected chi connectivity index (χ4v) is 2.54. The van der Waals surface area contributed by atoms with Gasteiger partial charge in [0.2, 0.25) is 0 Å². The zero-order chi connectivity index (χ0) is 17.9. The molecular weight excluding hydrogens is 380 g/mol. The standard InChI is InChI=1S/C16H13Cl2F3N2S/c1-9-2-3-10(6-14(9)18)8-22-15(24)23-11-4-5-13(17)12(7-11)16(19,20)21/h2-7H,8H2,1H3,(H2,22,23,24). The molecule has 0 atom stereocenters. The number of hydrogen-bond acceptors (Lipinski definition) is 1. The van der Waals surface area contributed by atoms with Gasteiger partial charge in [-0.25, -0.2) is 0 Å². The van der Waals surface area contributed by atoms with Crippen LogP contribution in [-0.4, -0.2) is 5.11 Å². The fourth-order valence-electron chi connectivity index (χ4n) is 1.92. The van der Waals surface area contributed by atoms with Crippen LogP contribution in [-0.2, 0) is 12.7 Å². The molecule has 2 N–H and O–H groups in total. The summed E-state index contributed by atoms with van der Waals surface area (Å²) in [6, 6.07) is 9.09. The van der Waals surface area contributed by atoms with Crippen LogP contribution in [0.1, 0.15) is 16.7 Å². The summed E-state index contributed by atoms with van der Waals surface area (Å²) in [4.78, 5) is 0. The zero-order valence-electron chi connectivity index (χ0n) is 12.5.